The lowest BCUT2D eigenvalue weighted by Crippen LogP contribution is -2.48. The molecule has 0 aliphatic heterocycles. The summed E-state index contributed by atoms with van der Waals surface area (Å²) in [6, 6.07) is 7.76. The first-order valence-corrected chi connectivity index (χ1v) is 13.2. The van der Waals surface area contributed by atoms with E-state index in [1.807, 2.05) is 23.3 Å². The van der Waals surface area contributed by atoms with Crippen molar-refractivity contribution in [2.75, 3.05) is 12.3 Å². The number of carbonyl (C=O) groups is 2. The van der Waals surface area contributed by atoms with Gasteiger partial charge in [-0.2, -0.15) is 17.7 Å². The van der Waals surface area contributed by atoms with Gasteiger partial charge in [-0.05, 0) is 31.7 Å². The first-order chi connectivity index (χ1) is 16.0. The highest BCUT2D eigenvalue weighted by Crippen LogP contribution is 2.30. The van der Waals surface area contributed by atoms with Gasteiger partial charge in [0.05, 0.1) is 6.21 Å². The summed E-state index contributed by atoms with van der Waals surface area (Å²) >= 11 is 10.5. The summed E-state index contributed by atoms with van der Waals surface area (Å²) in [5.41, 5.74) is 0.676. The predicted octanol–water partition coefficient (Wildman–Crippen LogP) is 5.49. The molecule has 33 heavy (non-hydrogen) atoms. The van der Waals surface area contributed by atoms with Gasteiger partial charge in [-0.3, -0.25) is 4.79 Å². The monoisotopic (exact) mass is 493 g/mol. The van der Waals surface area contributed by atoms with E-state index >= 15 is 0 Å². The minimum absolute atomic E-state index is 0.242. The van der Waals surface area contributed by atoms with Gasteiger partial charge in [0.25, 0.3) is 0 Å². The third-order valence-corrected chi connectivity index (χ3v) is 7.44. The molecule has 1 unspecified atom stereocenters. The summed E-state index contributed by atoms with van der Waals surface area (Å²) in [7, 11) is 0. The average molecular weight is 494 g/mol. The Balaban J connectivity index is 1.73. The number of amides is 1. The van der Waals surface area contributed by atoms with Crippen molar-refractivity contribution in [3.8, 4) is 0 Å². The summed E-state index contributed by atoms with van der Waals surface area (Å²) in [5.74, 6) is -0.742. The van der Waals surface area contributed by atoms with Crippen molar-refractivity contribution < 1.29 is 14.4 Å². The smallest absolute Gasteiger partial charge is 0.346 e. The van der Waals surface area contributed by atoms with E-state index in [1.54, 1.807) is 13.0 Å². The molecule has 2 fully saturated rings. The second kappa shape index (κ2) is 13.4. The third-order valence-electron chi connectivity index (χ3n) is 6.55. The molecular formula is C25H36ClN3O3S. The number of hydrazone groups is 1. The zero-order chi connectivity index (χ0) is 23.6. The van der Waals surface area contributed by atoms with E-state index in [-0.39, 0.29) is 30.5 Å². The summed E-state index contributed by atoms with van der Waals surface area (Å²) in [6.45, 7) is 1.53. The van der Waals surface area contributed by atoms with Crippen molar-refractivity contribution in [3.05, 3.63) is 34.9 Å². The van der Waals surface area contributed by atoms with Crippen LogP contribution in [0.3, 0.4) is 0 Å². The van der Waals surface area contributed by atoms with Gasteiger partial charge in [0, 0.05) is 34.3 Å². The number of carbonyl (C=O) groups excluding carboxylic acids is 2. The quantitative estimate of drug-likeness (QED) is 0.280. The van der Waals surface area contributed by atoms with Gasteiger partial charge in [0.2, 0.25) is 5.91 Å². The van der Waals surface area contributed by atoms with Crippen LogP contribution in [0.2, 0.25) is 5.02 Å². The molecule has 6 nitrogen and oxygen atoms in total. The number of hydroxylamine groups is 2. The Morgan fingerprint density at radius 1 is 1.09 bits per heavy atom. The van der Waals surface area contributed by atoms with Crippen LogP contribution >= 0.6 is 24.2 Å². The Bertz CT molecular complexity index is 792. The van der Waals surface area contributed by atoms with E-state index in [9.17, 15) is 9.59 Å². The Kier molecular flexibility index (Phi) is 10.5. The highest BCUT2D eigenvalue weighted by Gasteiger charge is 2.33. The minimum atomic E-state index is -0.456. The van der Waals surface area contributed by atoms with Crippen molar-refractivity contribution in [2.24, 2.45) is 11.0 Å². The Hall–Kier alpha value is -1.57. The van der Waals surface area contributed by atoms with Crippen LogP contribution in [0.15, 0.2) is 29.4 Å². The first kappa shape index (κ1) is 26.0. The first-order valence-electron chi connectivity index (χ1n) is 12.2. The molecule has 0 aromatic heterocycles. The molecule has 2 aliphatic carbocycles. The van der Waals surface area contributed by atoms with Crippen molar-refractivity contribution in [1.29, 1.82) is 0 Å². The molecule has 182 valence electrons. The van der Waals surface area contributed by atoms with Crippen LogP contribution < -0.4 is 0 Å². The summed E-state index contributed by atoms with van der Waals surface area (Å²) in [6.07, 6.45) is 12.8. The Labute approximate surface area is 208 Å². The van der Waals surface area contributed by atoms with Gasteiger partial charge in [-0.15, -0.1) is 5.06 Å². The van der Waals surface area contributed by atoms with Crippen LogP contribution in [-0.2, 0) is 14.4 Å². The van der Waals surface area contributed by atoms with Gasteiger partial charge < -0.3 is 4.84 Å². The minimum Gasteiger partial charge on any atom is -0.366 e. The number of nitrogens with zero attached hydrogens (tertiary/aromatic N) is 3. The molecule has 2 saturated carbocycles. The topological polar surface area (TPSA) is 62.2 Å². The molecule has 0 radical (unpaired) electrons. The molecule has 0 spiro atoms. The molecular weight excluding hydrogens is 458 g/mol. The zero-order valence-electron chi connectivity index (χ0n) is 19.5. The van der Waals surface area contributed by atoms with Gasteiger partial charge >= 0.3 is 5.97 Å². The highest BCUT2D eigenvalue weighted by atomic mass is 35.5. The Morgan fingerprint density at radius 3 is 2.21 bits per heavy atom. The molecule has 0 N–H and O–H groups in total. The third kappa shape index (κ3) is 7.72. The normalized spacial score (nSPS) is 19.0. The lowest BCUT2D eigenvalue weighted by molar-refractivity contribution is -0.223. The van der Waals surface area contributed by atoms with E-state index in [4.69, 9.17) is 16.4 Å². The standard InChI is InChI=1S/C25H36ClN3O3S/c1-19(18-33)25(31)28(27-16-20-10-8-9-15-23(20)26)17-24(30)32-29(21-11-4-2-5-12-21)22-13-6-3-7-14-22/h8-10,15-16,19,21-22,33H,2-7,11-14,17-18H2,1H3. The molecule has 0 heterocycles. The lowest BCUT2D eigenvalue weighted by Gasteiger charge is -2.39. The maximum atomic E-state index is 13.1. The van der Waals surface area contributed by atoms with E-state index in [0.29, 0.717) is 16.3 Å². The van der Waals surface area contributed by atoms with Crippen LogP contribution in [0.5, 0.6) is 0 Å². The molecule has 1 amide bonds. The van der Waals surface area contributed by atoms with Crippen molar-refractivity contribution in [2.45, 2.75) is 83.2 Å². The SMILES string of the molecule is CC(CS)C(=O)N(CC(=O)ON(C1CCCCC1)C1CCCCC1)N=Cc1ccccc1Cl. The largest absolute Gasteiger partial charge is 0.366 e. The molecule has 2 aliphatic rings. The van der Waals surface area contributed by atoms with Gasteiger partial charge in [0.1, 0.15) is 6.54 Å². The highest BCUT2D eigenvalue weighted by molar-refractivity contribution is 7.80. The molecule has 1 atom stereocenters. The predicted molar refractivity (Wildman–Crippen MR) is 135 cm³/mol. The van der Waals surface area contributed by atoms with E-state index in [2.05, 4.69) is 17.7 Å². The van der Waals surface area contributed by atoms with Gasteiger partial charge in [0.15, 0.2) is 0 Å². The molecule has 3 rings (SSSR count). The number of rotatable bonds is 9. The van der Waals surface area contributed by atoms with Crippen molar-refractivity contribution in [1.82, 2.24) is 10.1 Å². The molecule has 0 bridgehead atoms. The summed E-state index contributed by atoms with van der Waals surface area (Å²) < 4.78 is 0. The number of halogens is 1. The van der Waals surface area contributed by atoms with Crippen molar-refractivity contribution in [3.63, 3.8) is 0 Å². The Morgan fingerprint density at radius 2 is 1.67 bits per heavy atom. The van der Waals surface area contributed by atoms with E-state index in [0.717, 1.165) is 51.4 Å². The van der Waals surface area contributed by atoms with Crippen LogP contribution in [0.4, 0.5) is 0 Å². The fourth-order valence-corrected chi connectivity index (χ4v) is 4.95. The molecule has 1 aromatic carbocycles. The van der Waals surface area contributed by atoms with Crippen LogP contribution in [0.1, 0.15) is 76.7 Å². The van der Waals surface area contributed by atoms with E-state index < -0.39 is 5.97 Å². The number of benzene rings is 1. The van der Waals surface area contributed by atoms with Crippen LogP contribution in [0.25, 0.3) is 0 Å². The second-order valence-corrected chi connectivity index (χ2v) is 9.92. The summed E-state index contributed by atoms with van der Waals surface area (Å²) in [4.78, 5) is 32.0. The maximum absolute atomic E-state index is 13.1. The number of hydrogen-bond acceptors (Lipinski definition) is 6. The lowest BCUT2D eigenvalue weighted by atomic mass is 9.90. The molecule has 1 aromatic rings. The average Bonchev–Trinajstić information content (AvgIpc) is 2.86. The molecule has 8 heteroatoms. The fourth-order valence-electron chi connectivity index (χ4n) is 4.61. The number of hydrogen-bond donors (Lipinski definition) is 1. The van der Waals surface area contributed by atoms with Crippen LogP contribution in [0, 0.1) is 5.92 Å². The zero-order valence-corrected chi connectivity index (χ0v) is 21.1. The summed E-state index contributed by atoms with van der Waals surface area (Å²) in [5, 5.41) is 8.01. The number of thiol groups is 1. The van der Waals surface area contributed by atoms with E-state index in [1.165, 1.54) is 24.1 Å². The fraction of sp³-hybridized carbons (Fsp3) is 0.640. The maximum Gasteiger partial charge on any atom is 0.346 e. The second-order valence-electron chi connectivity index (χ2n) is 9.15. The van der Waals surface area contributed by atoms with Gasteiger partial charge in [-0.25, -0.2) is 9.80 Å². The van der Waals surface area contributed by atoms with Gasteiger partial charge in [-0.1, -0.05) is 75.2 Å². The van der Waals surface area contributed by atoms with Crippen LogP contribution in [-0.4, -0.2) is 52.5 Å². The molecule has 0 saturated heterocycles. The van der Waals surface area contributed by atoms with Crippen molar-refractivity contribution >= 4 is 42.3 Å².